The van der Waals surface area contributed by atoms with Crippen molar-refractivity contribution in [2.45, 2.75) is 19.9 Å². The highest BCUT2D eigenvalue weighted by molar-refractivity contribution is 5.51. The molecule has 2 rings (SSSR count). The predicted octanol–water partition coefficient (Wildman–Crippen LogP) is 1.75. The zero-order valence-electron chi connectivity index (χ0n) is 11.4. The summed E-state index contributed by atoms with van der Waals surface area (Å²) in [7, 11) is 1.72. The van der Waals surface area contributed by atoms with E-state index in [4.69, 9.17) is 4.74 Å². The highest BCUT2D eigenvalue weighted by Gasteiger charge is 2.13. The van der Waals surface area contributed by atoms with Gasteiger partial charge in [0.05, 0.1) is 18.3 Å². The Morgan fingerprint density at radius 3 is 2.84 bits per heavy atom. The van der Waals surface area contributed by atoms with Gasteiger partial charge < -0.3 is 10.1 Å². The first kappa shape index (κ1) is 13.5. The number of nitrogens with zero attached hydrogens (tertiary/aromatic N) is 4. The van der Waals surface area contributed by atoms with E-state index in [2.05, 4.69) is 34.7 Å². The standard InChI is InChI=1S/C13H19N5O/c1-10(2)13(8-19-3)15-11-5-4-6-12(7-11)18-9-14-16-17-18/h4-7,9-10,13,15H,8H2,1-3H3. The van der Waals surface area contributed by atoms with Crippen LogP contribution in [-0.2, 0) is 4.74 Å². The first-order chi connectivity index (χ1) is 9.20. The lowest BCUT2D eigenvalue weighted by atomic mass is 10.0. The van der Waals surface area contributed by atoms with Crippen LogP contribution in [0.3, 0.4) is 0 Å². The summed E-state index contributed by atoms with van der Waals surface area (Å²) in [5, 5.41) is 14.6. The molecule has 0 radical (unpaired) electrons. The second-order valence-electron chi connectivity index (χ2n) is 4.75. The van der Waals surface area contributed by atoms with E-state index in [0.717, 1.165) is 11.4 Å². The van der Waals surface area contributed by atoms with E-state index >= 15 is 0 Å². The average molecular weight is 261 g/mol. The monoisotopic (exact) mass is 261 g/mol. The fraction of sp³-hybridized carbons (Fsp3) is 0.462. The van der Waals surface area contributed by atoms with Crippen molar-refractivity contribution in [2.75, 3.05) is 19.0 Å². The largest absolute Gasteiger partial charge is 0.383 e. The Kier molecular flexibility index (Phi) is 4.46. The SMILES string of the molecule is COCC(Nc1cccc(-n2cnnn2)c1)C(C)C. The van der Waals surface area contributed by atoms with Gasteiger partial charge in [0, 0.05) is 12.8 Å². The van der Waals surface area contributed by atoms with Gasteiger partial charge in [0.15, 0.2) is 0 Å². The van der Waals surface area contributed by atoms with Crippen LogP contribution in [0, 0.1) is 5.92 Å². The quantitative estimate of drug-likeness (QED) is 0.858. The summed E-state index contributed by atoms with van der Waals surface area (Å²) >= 11 is 0. The van der Waals surface area contributed by atoms with E-state index in [1.165, 1.54) is 0 Å². The second-order valence-corrected chi connectivity index (χ2v) is 4.75. The molecule has 6 nitrogen and oxygen atoms in total. The summed E-state index contributed by atoms with van der Waals surface area (Å²) in [5.74, 6) is 0.483. The lowest BCUT2D eigenvalue weighted by molar-refractivity contribution is 0.171. The lowest BCUT2D eigenvalue weighted by Gasteiger charge is -2.23. The van der Waals surface area contributed by atoms with Gasteiger partial charge in [0.1, 0.15) is 6.33 Å². The molecular weight excluding hydrogens is 242 g/mol. The molecule has 1 N–H and O–H groups in total. The summed E-state index contributed by atoms with van der Waals surface area (Å²) < 4.78 is 6.87. The molecule has 2 aromatic rings. The number of methoxy groups -OCH3 is 1. The van der Waals surface area contributed by atoms with Crippen molar-refractivity contribution in [3.63, 3.8) is 0 Å². The van der Waals surface area contributed by atoms with E-state index in [0.29, 0.717) is 12.5 Å². The molecule has 0 aliphatic rings. The van der Waals surface area contributed by atoms with E-state index in [9.17, 15) is 0 Å². The third kappa shape index (κ3) is 3.51. The summed E-state index contributed by atoms with van der Waals surface area (Å²) in [6, 6.07) is 8.25. The third-order valence-corrected chi connectivity index (χ3v) is 2.96. The second kappa shape index (κ2) is 6.29. The van der Waals surface area contributed by atoms with E-state index < -0.39 is 0 Å². The molecule has 0 amide bonds. The molecular formula is C13H19N5O. The minimum absolute atomic E-state index is 0.272. The van der Waals surface area contributed by atoms with Crippen LogP contribution in [0.5, 0.6) is 0 Å². The van der Waals surface area contributed by atoms with Gasteiger partial charge in [-0.2, -0.15) is 0 Å². The van der Waals surface area contributed by atoms with Crippen molar-refractivity contribution in [1.29, 1.82) is 0 Å². The van der Waals surface area contributed by atoms with Crippen LogP contribution in [0.1, 0.15) is 13.8 Å². The molecule has 1 atom stereocenters. The topological polar surface area (TPSA) is 64.9 Å². The average Bonchev–Trinajstić information content (AvgIpc) is 2.92. The first-order valence-corrected chi connectivity index (χ1v) is 6.29. The molecule has 0 fully saturated rings. The maximum absolute atomic E-state index is 5.24. The van der Waals surface area contributed by atoms with Crippen molar-refractivity contribution >= 4 is 5.69 Å². The van der Waals surface area contributed by atoms with Crippen LogP contribution in [0.2, 0.25) is 0 Å². The van der Waals surface area contributed by atoms with Crippen molar-refractivity contribution in [1.82, 2.24) is 20.2 Å². The van der Waals surface area contributed by atoms with E-state index in [1.807, 2.05) is 24.3 Å². The van der Waals surface area contributed by atoms with Gasteiger partial charge in [0.25, 0.3) is 0 Å². The molecule has 19 heavy (non-hydrogen) atoms. The van der Waals surface area contributed by atoms with Crippen LogP contribution in [0.25, 0.3) is 5.69 Å². The molecule has 0 saturated carbocycles. The van der Waals surface area contributed by atoms with E-state index in [-0.39, 0.29) is 6.04 Å². The molecule has 0 aliphatic carbocycles. The number of hydrogen-bond donors (Lipinski definition) is 1. The van der Waals surface area contributed by atoms with Gasteiger partial charge >= 0.3 is 0 Å². The summed E-state index contributed by atoms with van der Waals surface area (Å²) in [6.45, 7) is 5.01. The van der Waals surface area contributed by atoms with Crippen molar-refractivity contribution in [2.24, 2.45) is 5.92 Å². The fourth-order valence-corrected chi connectivity index (χ4v) is 1.81. The molecule has 0 bridgehead atoms. The number of rotatable bonds is 6. The zero-order chi connectivity index (χ0) is 13.7. The summed E-state index contributed by atoms with van der Waals surface area (Å²) in [5.41, 5.74) is 1.96. The predicted molar refractivity (Wildman–Crippen MR) is 73.3 cm³/mol. The Bertz CT molecular complexity index is 497. The Labute approximate surface area is 112 Å². The van der Waals surface area contributed by atoms with Crippen LogP contribution >= 0.6 is 0 Å². The summed E-state index contributed by atoms with van der Waals surface area (Å²) in [4.78, 5) is 0. The van der Waals surface area contributed by atoms with Crippen molar-refractivity contribution in [3.8, 4) is 5.69 Å². The van der Waals surface area contributed by atoms with Gasteiger partial charge in [-0.3, -0.25) is 0 Å². The van der Waals surface area contributed by atoms with Crippen LogP contribution in [0.15, 0.2) is 30.6 Å². The number of hydrogen-bond acceptors (Lipinski definition) is 5. The fourth-order valence-electron chi connectivity index (χ4n) is 1.81. The van der Waals surface area contributed by atoms with Gasteiger partial charge in [-0.15, -0.1) is 5.10 Å². The Hall–Kier alpha value is -1.95. The maximum atomic E-state index is 5.24. The number of nitrogens with one attached hydrogen (secondary N) is 1. The molecule has 1 unspecified atom stereocenters. The molecule has 0 aliphatic heterocycles. The maximum Gasteiger partial charge on any atom is 0.143 e. The van der Waals surface area contributed by atoms with Crippen LogP contribution in [-0.4, -0.2) is 40.0 Å². The summed E-state index contributed by atoms with van der Waals surface area (Å²) in [6.07, 6.45) is 1.58. The smallest absolute Gasteiger partial charge is 0.143 e. The number of ether oxygens (including phenoxy) is 1. The van der Waals surface area contributed by atoms with Gasteiger partial charge in [-0.25, -0.2) is 4.68 Å². The zero-order valence-corrected chi connectivity index (χ0v) is 11.4. The number of benzene rings is 1. The highest BCUT2D eigenvalue weighted by atomic mass is 16.5. The first-order valence-electron chi connectivity index (χ1n) is 6.29. The highest BCUT2D eigenvalue weighted by Crippen LogP contribution is 2.16. The van der Waals surface area contributed by atoms with Crippen molar-refractivity contribution < 1.29 is 4.74 Å². The van der Waals surface area contributed by atoms with Crippen LogP contribution < -0.4 is 5.32 Å². The molecule has 0 spiro atoms. The molecule has 1 heterocycles. The normalized spacial score (nSPS) is 12.6. The third-order valence-electron chi connectivity index (χ3n) is 2.96. The Morgan fingerprint density at radius 1 is 1.37 bits per heavy atom. The lowest BCUT2D eigenvalue weighted by Crippen LogP contribution is -2.30. The Morgan fingerprint density at radius 2 is 2.21 bits per heavy atom. The van der Waals surface area contributed by atoms with Crippen molar-refractivity contribution in [3.05, 3.63) is 30.6 Å². The van der Waals surface area contributed by atoms with E-state index in [1.54, 1.807) is 18.1 Å². The molecule has 0 saturated heterocycles. The number of aromatic nitrogens is 4. The van der Waals surface area contributed by atoms with Crippen LogP contribution in [0.4, 0.5) is 5.69 Å². The molecule has 1 aromatic heterocycles. The minimum atomic E-state index is 0.272. The van der Waals surface area contributed by atoms with Gasteiger partial charge in [-0.05, 0) is 34.5 Å². The van der Waals surface area contributed by atoms with Gasteiger partial charge in [0.2, 0.25) is 0 Å². The molecule has 1 aromatic carbocycles. The molecule has 6 heteroatoms. The number of tetrazole rings is 1. The Balaban J connectivity index is 2.14. The van der Waals surface area contributed by atoms with Gasteiger partial charge in [-0.1, -0.05) is 19.9 Å². The molecule has 102 valence electrons. The number of anilines is 1. The minimum Gasteiger partial charge on any atom is -0.383 e.